The first-order chi connectivity index (χ1) is 15.2. The Labute approximate surface area is 190 Å². The van der Waals surface area contributed by atoms with Crippen molar-refractivity contribution in [3.63, 3.8) is 0 Å². The average molecular weight is 468 g/mol. The third-order valence-corrected chi connectivity index (χ3v) is 7.58. The molecule has 0 aliphatic carbocycles. The van der Waals surface area contributed by atoms with E-state index >= 15 is 0 Å². The molecule has 1 aromatic carbocycles. The maximum atomic E-state index is 12.9. The van der Waals surface area contributed by atoms with Gasteiger partial charge in [0.25, 0.3) is 0 Å². The van der Waals surface area contributed by atoms with Gasteiger partial charge in [0.1, 0.15) is 0 Å². The number of piperidine rings is 1. The maximum absolute atomic E-state index is 12.9. The first-order valence-electron chi connectivity index (χ1n) is 11.1. The van der Waals surface area contributed by atoms with E-state index in [1.54, 1.807) is 19.1 Å². The standard InChI is InChI=1S/C22H33N3O6S/c1-4-30-22(27)18-9-11-24(12-10-18)15-21(26)23-19-5-7-20(8-6-19)32(28,29)25-13-16(2)31-17(3)14-25/h5-8,16-18H,4,9-15H2,1-3H3,(H,23,26). The summed E-state index contributed by atoms with van der Waals surface area (Å²) < 4.78 is 38.0. The molecule has 2 unspecified atom stereocenters. The number of sulfonamides is 1. The van der Waals surface area contributed by atoms with Crippen LogP contribution in [0.5, 0.6) is 0 Å². The van der Waals surface area contributed by atoms with Crippen molar-refractivity contribution in [2.45, 2.75) is 50.7 Å². The van der Waals surface area contributed by atoms with Crippen LogP contribution in [-0.4, -0.2) is 81.0 Å². The lowest BCUT2D eigenvalue weighted by molar-refractivity contribution is -0.149. The van der Waals surface area contributed by atoms with Crippen molar-refractivity contribution in [2.24, 2.45) is 5.92 Å². The molecule has 178 valence electrons. The first-order valence-corrected chi connectivity index (χ1v) is 12.6. The van der Waals surface area contributed by atoms with Crippen LogP contribution in [0.3, 0.4) is 0 Å². The summed E-state index contributed by atoms with van der Waals surface area (Å²) in [5.41, 5.74) is 0.541. The Bertz CT molecular complexity index is 887. The lowest BCUT2D eigenvalue weighted by Gasteiger charge is -2.34. The largest absolute Gasteiger partial charge is 0.466 e. The van der Waals surface area contributed by atoms with Crippen LogP contribution in [0.1, 0.15) is 33.6 Å². The first kappa shape index (κ1) is 24.6. The SMILES string of the molecule is CCOC(=O)C1CCN(CC(=O)Nc2ccc(S(=O)(=O)N3CC(C)OC(C)C3)cc2)CC1. The van der Waals surface area contributed by atoms with Crippen molar-refractivity contribution in [1.82, 2.24) is 9.21 Å². The maximum Gasteiger partial charge on any atom is 0.309 e. The molecule has 0 saturated carbocycles. The van der Waals surface area contributed by atoms with E-state index in [2.05, 4.69) is 5.32 Å². The molecule has 0 bridgehead atoms. The molecule has 1 amide bonds. The highest BCUT2D eigenvalue weighted by Gasteiger charge is 2.32. The lowest BCUT2D eigenvalue weighted by atomic mass is 9.97. The van der Waals surface area contributed by atoms with Gasteiger partial charge in [0.15, 0.2) is 0 Å². The Balaban J connectivity index is 1.51. The summed E-state index contributed by atoms with van der Waals surface area (Å²) in [6.07, 6.45) is 1.04. The number of nitrogens with one attached hydrogen (secondary N) is 1. The van der Waals surface area contributed by atoms with E-state index in [1.807, 2.05) is 18.7 Å². The topological polar surface area (TPSA) is 105 Å². The van der Waals surface area contributed by atoms with E-state index in [1.165, 1.54) is 16.4 Å². The van der Waals surface area contributed by atoms with Crippen molar-refractivity contribution >= 4 is 27.6 Å². The number of esters is 1. The number of nitrogens with zero attached hydrogens (tertiary/aromatic N) is 2. The van der Waals surface area contributed by atoms with Crippen LogP contribution >= 0.6 is 0 Å². The summed E-state index contributed by atoms with van der Waals surface area (Å²) in [6.45, 7) is 8.06. The summed E-state index contributed by atoms with van der Waals surface area (Å²) in [4.78, 5) is 26.4. The number of anilines is 1. The van der Waals surface area contributed by atoms with Gasteiger partial charge in [-0.15, -0.1) is 0 Å². The number of amides is 1. The van der Waals surface area contributed by atoms with Gasteiger partial charge in [-0.25, -0.2) is 8.42 Å². The number of benzene rings is 1. The molecule has 3 rings (SSSR count). The molecule has 0 aromatic heterocycles. The molecule has 0 radical (unpaired) electrons. The molecule has 1 aromatic rings. The Morgan fingerprint density at radius 2 is 1.69 bits per heavy atom. The second-order valence-electron chi connectivity index (χ2n) is 8.45. The highest BCUT2D eigenvalue weighted by molar-refractivity contribution is 7.89. The van der Waals surface area contributed by atoms with Crippen molar-refractivity contribution in [3.8, 4) is 0 Å². The molecular formula is C22H33N3O6S. The summed E-state index contributed by atoms with van der Waals surface area (Å²) in [6, 6.07) is 6.23. The fourth-order valence-electron chi connectivity index (χ4n) is 4.18. The zero-order chi connectivity index (χ0) is 23.3. The average Bonchev–Trinajstić information content (AvgIpc) is 2.74. The fraction of sp³-hybridized carbons (Fsp3) is 0.636. The molecule has 2 saturated heterocycles. The van der Waals surface area contributed by atoms with Crippen molar-refractivity contribution in [3.05, 3.63) is 24.3 Å². The van der Waals surface area contributed by atoms with Crippen LogP contribution in [0.15, 0.2) is 29.2 Å². The van der Waals surface area contributed by atoms with E-state index in [0.29, 0.717) is 51.3 Å². The van der Waals surface area contributed by atoms with Gasteiger partial charge in [0, 0.05) is 18.8 Å². The van der Waals surface area contributed by atoms with Gasteiger partial charge in [0.2, 0.25) is 15.9 Å². The molecule has 2 aliphatic rings. The Morgan fingerprint density at radius 1 is 1.09 bits per heavy atom. The van der Waals surface area contributed by atoms with Gasteiger partial charge >= 0.3 is 5.97 Å². The highest BCUT2D eigenvalue weighted by atomic mass is 32.2. The predicted octanol–water partition coefficient (Wildman–Crippen LogP) is 1.70. The van der Waals surface area contributed by atoms with Gasteiger partial charge in [-0.2, -0.15) is 4.31 Å². The van der Waals surface area contributed by atoms with E-state index < -0.39 is 10.0 Å². The van der Waals surface area contributed by atoms with Crippen LogP contribution in [-0.2, 0) is 29.1 Å². The predicted molar refractivity (Wildman–Crippen MR) is 120 cm³/mol. The molecule has 2 atom stereocenters. The zero-order valence-electron chi connectivity index (χ0n) is 19.0. The molecule has 1 N–H and O–H groups in total. The van der Waals surface area contributed by atoms with E-state index in [4.69, 9.17) is 9.47 Å². The number of morpholine rings is 1. The number of carbonyl (C=O) groups is 2. The van der Waals surface area contributed by atoms with Crippen LogP contribution in [0.4, 0.5) is 5.69 Å². The van der Waals surface area contributed by atoms with Crippen molar-refractivity contribution in [1.29, 1.82) is 0 Å². The minimum atomic E-state index is -3.62. The normalized spacial score (nSPS) is 23.6. The Hall–Kier alpha value is -2.01. The molecule has 2 heterocycles. The van der Waals surface area contributed by atoms with Crippen LogP contribution in [0.25, 0.3) is 0 Å². The van der Waals surface area contributed by atoms with Crippen molar-refractivity contribution in [2.75, 3.05) is 44.6 Å². The quantitative estimate of drug-likeness (QED) is 0.609. The summed E-state index contributed by atoms with van der Waals surface area (Å²) in [5, 5.41) is 2.82. The Morgan fingerprint density at radius 3 is 2.25 bits per heavy atom. The monoisotopic (exact) mass is 467 g/mol. The molecule has 0 spiro atoms. The number of ether oxygens (including phenoxy) is 2. The fourth-order valence-corrected chi connectivity index (χ4v) is 5.77. The number of carbonyl (C=O) groups excluding carboxylic acids is 2. The van der Waals surface area contributed by atoms with E-state index in [9.17, 15) is 18.0 Å². The second kappa shape index (κ2) is 10.7. The van der Waals surface area contributed by atoms with Gasteiger partial charge in [-0.3, -0.25) is 14.5 Å². The Kier molecular flexibility index (Phi) is 8.26. The summed E-state index contributed by atoms with van der Waals surface area (Å²) in [5.74, 6) is -0.431. The number of hydrogen-bond donors (Lipinski definition) is 1. The lowest BCUT2D eigenvalue weighted by Crippen LogP contribution is -2.48. The van der Waals surface area contributed by atoms with Crippen LogP contribution in [0, 0.1) is 5.92 Å². The van der Waals surface area contributed by atoms with Gasteiger partial charge in [0.05, 0.1) is 36.2 Å². The van der Waals surface area contributed by atoms with Crippen LogP contribution in [0.2, 0.25) is 0 Å². The van der Waals surface area contributed by atoms with Gasteiger partial charge < -0.3 is 14.8 Å². The van der Waals surface area contributed by atoms with Gasteiger partial charge in [-0.05, 0) is 71.0 Å². The van der Waals surface area contributed by atoms with Gasteiger partial charge in [-0.1, -0.05) is 0 Å². The number of rotatable bonds is 7. The van der Waals surface area contributed by atoms with E-state index in [-0.39, 0.29) is 41.4 Å². The molecule has 2 aliphatic heterocycles. The van der Waals surface area contributed by atoms with Crippen molar-refractivity contribution < 1.29 is 27.5 Å². The molecule has 9 nitrogen and oxygen atoms in total. The smallest absolute Gasteiger partial charge is 0.309 e. The molecular weight excluding hydrogens is 434 g/mol. The highest BCUT2D eigenvalue weighted by Crippen LogP contribution is 2.23. The minimum absolute atomic E-state index is 0.0961. The molecule has 32 heavy (non-hydrogen) atoms. The zero-order valence-corrected chi connectivity index (χ0v) is 19.8. The minimum Gasteiger partial charge on any atom is -0.466 e. The van der Waals surface area contributed by atoms with Crippen LogP contribution < -0.4 is 5.32 Å². The molecule has 10 heteroatoms. The summed E-state index contributed by atoms with van der Waals surface area (Å²) >= 11 is 0. The second-order valence-corrected chi connectivity index (χ2v) is 10.4. The van der Waals surface area contributed by atoms with E-state index in [0.717, 1.165) is 0 Å². The third kappa shape index (κ3) is 6.28. The number of hydrogen-bond acceptors (Lipinski definition) is 7. The number of likely N-dealkylation sites (tertiary alicyclic amines) is 1. The molecule has 2 fully saturated rings. The summed E-state index contributed by atoms with van der Waals surface area (Å²) in [7, 11) is -3.62. The third-order valence-electron chi connectivity index (χ3n) is 5.74.